The van der Waals surface area contributed by atoms with Crippen LogP contribution in [0.25, 0.3) is 0 Å². The van der Waals surface area contributed by atoms with Gasteiger partial charge in [-0.2, -0.15) is 0 Å². The highest BCUT2D eigenvalue weighted by Gasteiger charge is 2.71. The Balaban J connectivity index is 3.22. The fourth-order valence-electron chi connectivity index (χ4n) is 7.12. The third kappa shape index (κ3) is 1.54. The van der Waals surface area contributed by atoms with E-state index in [1.54, 1.807) is 22.3 Å². The second kappa shape index (κ2) is 4.60. The van der Waals surface area contributed by atoms with E-state index >= 15 is 0 Å². The van der Waals surface area contributed by atoms with Gasteiger partial charge in [-0.15, -0.1) is 0 Å². The Hall–Kier alpha value is -0.520. The van der Waals surface area contributed by atoms with Gasteiger partial charge in [-0.3, -0.25) is 0 Å². The molecule has 0 fully saturated rings. The van der Waals surface area contributed by atoms with Crippen molar-refractivity contribution in [2.45, 2.75) is 96.9 Å². The van der Waals surface area contributed by atoms with Crippen molar-refractivity contribution in [2.75, 3.05) is 0 Å². The van der Waals surface area contributed by atoms with Crippen LogP contribution in [0.5, 0.6) is 0 Å². The Morgan fingerprint density at radius 2 is 0.583 bits per heavy atom. The van der Waals surface area contributed by atoms with Crippen LogP contribution in [0.2, 0.25) is 0 Å². The van der Waals surface area contributed by atoms with Gasteiger partial charge in [0.1, 0.15) is 0 Å². The van der Waals surface area contributed by atoms with Gasteiger partial charge in [0.2, 0.25) is 0 Å². The molecular formula is C24H42. The second-order valence-electron chi connectivity index (χ2n) is 11.2. The lowest BCUT2D eigenvalue weighted by atomic mass is 9.29. The smallest absolute Gasteiger partial charge is 0.00284 e. The number of hydrogen-bond acceptors (Lipinski definition) is 0. The number of rotatable bonds is 0. The van der Waals surface area contributed by atoms with Gasteiger partial charge in [0, 0.05) is 10.8 Å². The van der Waals surface area contributed by atoms with Gasteiger partial charge in [-0.05, 0) is 49.4 Å². The maximum Gasteiger partial charge on any atom is 0.00284 e. The number of fused-ring (bicyclic) bond motifs is 3. The van der Waals surface area contributed by atoms with Crippen LogP contribution in [0.4, 0.5) is 0 Å². The van der Waals surface area contributed by atoms with Crippen LogP contribution in [0.1, 0.15) is 96.9 Å². The van der Waals surface area contributed by atoms with Gasteiger partial charge >= 0.3 is 0 Å². The Morgan fingerprint density at radius 1 is 0.375 bits per heavy atom. The van der Waals surface area contributed by atoms with E-state index in [0.717, 1.165) is 0 Å². The van der Waals surface area contributed by atoms with E-state index in [1.807, 2.05) is 0 Å². The first-order valence-electron chi connectivity index (χ1n) is 9.75. The molecule has 3 aliphatic carbocycles. The predicted octanol–water partition coefficient (Wildman–Crippen LogP) is 7.80. The molecule has 0 saturated heterocycles. The lowest BCUT2D eigenvalue weighted by molar-refractivity contribution is -0.170. The van der Waals surface area contributed by atoms with Crippen LogP contribution in [0, 0.1) is 32.5 Å². The highest BCUT2D eigenvalue weighted by molar-refractivity contribution is 5.47. The first-order valence-corrected chi connectivity index (χ1v) is 9.75. The van der Waals surface area contributed by atoms with Crippen molar-refractivity contribution in [1.82, 2.24) is 0 Å². The molecule has 0 N–H and O–H groups in total. The van der Waals surface area contributed by atoms with Crippen molar-refractivity contribution in [3.8, 4) is 0 Å². The Bertz CT molecular complexity index is 592. The number of allylic oxidation sites excluding steroid dienone is 4. The van der Waals surface area contributed by atoms with E-state index in [9.17, 15) is 0 Å². The molecule has 2 bridgehead atoms. The van der Waals surface area contributed by atoms with Gasteiger partial charge in [-0.25, -0.2) is 0 Å². The van der Waals surface area contributed by atoms with Crippen molar-refractivity contribution in [3.63, 3.8) is 0 Å². The average Bonchev–Trinajstić information content (AvgIpc) is 2.47. The summed E-state index contributed by atoms with van der Waals surface area (Å²) in [7, 11) is 0. The van der Waals surface area contributed by atoms with Crippen molar-refractivity contribution in [2.24, 2.45) is 32.5 Å². The molecule has 0 heterocycles. The summed E-state index contributed by atoms with van der Waals surface area (Å²) in [5, 5.41) is 0. The zero-order valence-corrected chi connectivity index (χ0v) is 19.0. The molecule has 3 rings (SSSR count). The SMILES string of the molecule is CC1=C(C)C(C)(C)C2(C)C(C)=C(C)C(C)(C1(C)C)C(C)(C)C2(C)C. The summed E-state index contributed by atoms with van der Waals surface area (Å²) in [6, 6.07) is 0. The zero-order valence-electron chi connectivity index (χ0n) is 19.0. The molecule has 0 radical (unpaired) electrons. The molecule has 138 valence electrons. The minimum atomic E-state index is 0.127. The third-order valence-corrected chi connectivity index (χ3v) is 11.1. The first-order chi connectivity index (χ1) is 10.4. The maximum absolute atomic E-state index is 2.54. The minimum absolute atomic E-state index is 0.127. The number of hydrogen-bond donors (Lipinski definition) is 0. The summed E-state index contributed by atoms with van der Waals surface area (Å²) < 4.78 is 0. The molecule has 0 amide bonds. The largest absolute Gasteiger partial charge is 0.0673 e. The van der Waals surface area contributed by atoms with Gasteiger partial charge in [-0.1, -0.05) is 91.5 Å². The van der Waals surface area contributed by atoms with E-state index in [-0.39, 0.29) is 32.5 Å². The quantitative estimate of drug-likeness (QED) is 0.397. The van der Waals surface area contributed by atoms with Gasteiger partial charge < -0.3 is 0 Å². The van der Waals surface area contributed by atoms with E-state index in [1.165, 1.54) is 0 Å². The van der Waals surface area contributed by atoms with Crippen LogP contribution >= 0.6 is 0 Å². The van der Waals surface area contributed by atoms with Gasteiger partial charge in [0.15, 0.2) is 0 Å². The summed E-state index contributed by atoms with van der Waals surface area (Å²) in [5.41, 5.74) is 7.32. The molecule has 0 saturated carbocycles. The van der Waals surface area contributed by atoms with E-state index < -0.39 is 0 Å². The Morgan fingerprint density at radius 3 is 0.792 bits per heavy atom. The van der Waals surface area contributed by atoms with Crippen LogP contribution in [0.15, 0.2) is 22.3 Å². The zero-order chi connectivity index (χ0) is 19.3. The second-order valence-corrected chi connectivity index (χ2v) is 11.2. The van der Waals surface area contributed by atoms with Crippen molar-refractivity contribution >= 4 is 0 Å². The summed E-state index contributed by atoms with van der Waals surface area (Å²) in [5.74, 6) is 0. The van der Waals surface area contributed by atoms with E-state index in [0.29, 0.717) is 0 Å². The van der Waals surface area contributed by atoms with E-state index in [2.05, 4.69) is 96.9 Å². The summed E-state index contributed by atoms with van der Waals surface area (Å²) in [6.07, 6.45) is 0. The molecule has 0 aliphatic heterocycles. The Kier molecular flexibility index (Phi) is 3.80. The van der Waals surface area contributed by atoms with Gasteiger partial charge in [0.05, 0.1) is 0 Å². The lowest BCUT2D eigenvalue weighted by Crippen LogP contribution is -2.67. The standard InChI is InChI=1S/C24H42/c1-15-16(2)20(7,8)24(14)18(4)17(3)23(13,19(15,5)6)21(9,10)22(24,11)12/h1-14H3. The molecular weight excluding hydrogens is 288 g/mol. The molecule has 0 nitrogen and oxygen atoms in total. The monoisotopic (exact) mass is 330 g/mol. The van der Waals surface area contributed by atoms with Crippen molar-refractivity contribution in [1.29, 1.82) is 0 Å². The molecule has 2 atom stereocenters. The third-order valence-electron chi connectivity index (χ3n) is 11.1. The van der Waals surface area contributed by atoms with Crippen LogP contribution in [-0.4, -0.2) is 0 Å². The Labute approximate surface area is 152 Å². The summed E-state index contributed by atoms with van der Waals surface area (Å²) in [4.78, 5) is 0. The van der Waals surface area contributed by atoms with Crippen LogP contribution in [0.3, 0.4) is 0 Å². The highest BCUT2D eigenvalue weighted by Crippen LogP contribution is 2.78. The van der Waals surface area contributed by atoms with Crippen molar-refractivity contribution < 1.29 is 0 Å². The minimum Gasteiger partial charge on any atom is -0.0673 e. The molecule has 24 heavy (non-hydrogen) atoms. The molecule has 0 aromatic carbocycles. The maximum atomic E-state index is 2.54. The van der Waals surface area contributed by atoms with Crippen LogP contribution in [-0.2, 0) is 0 Å². The van der Waals surface area contributed by atoms with Crippen LogP contribution < -0.4 is 0 Å². The van der Waals surface area contributed by atoms with Gasteiger partial charge in [0.25, 0.3) is 0 Å². The summed E-state index contributed by atoms with van der Waals surface area (Å²) >= 11 is 0. The molecule has 0 aromatic rings. The van der Waals surface area contributed by atoms with Crippen molar-refractivity contribution in [3.05, 3.63) is 22.3 Å². The fourth-order valence-corrected chi connectivity index (χ4v) is 7.12. The predicted molar refractivity (Wildman–Crippen MR) is 108 cm³/mol. The highest BCUT2D eigenvalue weighted by atomic mass is 14.7. The molecule has 0 aromatic heterocycles. The molecule has 0 heteroatoms. The fraction of sp³-hybridized carbons (Fsp3) is 0.833. The molecule has 0 spiro atoms. The first kappa shape index (κ1) is 19.8. The molecule has 3 aliphatic rings. The topological polar surface area (TPSA) is 0 Å². The lowest BCUT2D eigenvalue weighted by Gasteiger charge is -2.74. The average molecular weight is 331 g/mol. The normalized spacial score (nSPS) is 39.8. The molecule has 2 unspecified atom stereocenters. The van der Waals surface area contributed by atoms with E-state index in [4.69, 9.17) is 0 Å². The summed E-state index contributed by atoms with van der Waals surface area (Å²) in [6.45, 7) is 34.8.